The molecule has 106 valence electrons. The molecule has 2 aromatic heterocycles. The summed E-state index contributed by atoms with van der Waals surface area (Å²) in [6, 6.07) is 15.1. The summed E-state index contributed by atoms with van der Waals surface area (Å²) in [4.78, 5) is 5.82. The van der Waals surface area contributed by atoms with Gasteiger partial charge < -0.3 is 0 Å². The number of hydrogen-bond acceptors (Lipinski definition) is 2. The average Bonchev–Trinajstić information content (AvgIpc) is 2.96. The normalized spacial score (nSPS) is 11.0. The Balaban J connectivity index is 0.00000132. The van der Waals surface area contributed by atoms with E-state index in [1.165, 1.54) is 26.9 Å². The third kappa shape index (κ3) is 2.39. The fraction of sp³-hybridized carbons (Fsp3) is 0.118. The molecule has 0 fully saturated rings. The predicted octanol–water partition coefficient (Wildman–Crippen LogP) is 5.41. The topological polar surface area (TPSA) is 17.3 Å². The Morgan fingerprint density at radius 3 is 2.43 bits per heavy atom. The molecule has 4 heteroatoms. The molecule has 0 aliphatic heterocycles. The first-order chi connectivity index (χ1) is 9.70. The molecule has 0 bridgehead atoms. The zero-order valence-corrected chi connectivity index (χ0v) is 14.4. The number of aryl methyl sites for hydroxylation is 2. The summed E-state index contributed by atoms with van der Waals surface area (Å²) in [5.41, 5.74) is 6.02. The Hall–Kier alpha value is -1.65. The Morgan fingerprint density at radius 2 is 1.67 bits per heavy atom. The molecule has 2 heterocycles. The first kappa shape index (κ1) is 14.3. The van der Waals surface area contributed by atoms with Crippen molar-refractivity contribution in [1.29, 1.82) is 0 Å². The molecule has 2 nitrogen and oxygen atoms in total. The molecule has 2 aromatic carbocycles. The number of nitrogens with zero attached hydrogens (tertiary/aromatic N) is 2. The SMILES string of the molecule is Br.Cc1ccc(-c2cn3c(n2)sc2cc(C)ccc23)cc1. The molecule has 0 amide bonds. The van der Waals surface area contributed by atoms with Crippen molar-refractivity contribution in [3.63, 3.8) is 0 Å². The van der Waals surface area contributed by atoms with Crippen LogP contribution in [0.1, 0.15) is 11.1 Å². The zero-order valence-electron chi connectivity index (χ0n) is 11.8. The van der Waals surface area contributed by atoms with Gasteiger partial charge in [-0.25, -0.2) is 4.98 Å². The second kappa shape index (κ2) is 5.28. The van der Waals surface area contributed by atoms with Crippen LogP contribution in [0.2, 0.25) is 0 Å². The van der Waals surface area contributed by atoms with Crippen LogP contribution < -0.4 is 0 Å². The van der Waals surface area contributed by atoms with Crippen molar-refractivity contribution >= 4 is 43.5 Å². The van der Waals surface area contributed by atoms with Gasteiger partial charge in [-0.05, 0) is 31.5 Å². The van der Waals surface area contributed by atoms with Gasteiger partial charge in [0.2, 0.25) is 0 Å². The second-order valence-electron chi connectivity index (χ2n) is 5.22. The van der Waals surface area contributed by atoms with Gasteiger partial charge in [-0.3, -0.25) is 4.40 Å². The van der Waals surface area contributed by atoms with Crippen LogP contribution >= 0.6 is 28.3 Å². The van der Waals surface area contributed by atoms with E-state index in [2.05, 4.69) is 66.9 Å². The molecular weight excluding hydrogens is 344 g/mol. The smallest absolute Gasteiger partial charge is 0.195 e. The van der Waals surface area contributed by atoms with Crippen LogP contribution in [0, 0.1) is 13.8 Å². The Labute approximate surface area is 137 Å². The second-order valence-corrected chi connectivity index (χ2v) is 6.23. The molecule has 4 aromatic rings. The molecule has 4 rings (SSSR count). The first-order valence-corrected chi connectivity index (χ1v) is 7.48. The summed E-state index contributed by atoms with van der Waals surface area (Å²) in [7, 11) is 0. The Bertz CT molecular complexity index is 919. The van der Waals surface area contributed by atoms with Crippen molar-refractivity contribution in [2.24, 2.45) is 0 Å². The molecule has 0 radical (unpaired) electrons. The van der Waals surface area contributed by atoms with Crippen LogP contribution in [0.3, 0.4) is 0 Å². The van der Waals surface area contributed by atoms with Gasteiger partial charge >= 0.3 is 0 Å². The van der Waals surface area contributed by atoms with E-state index in [1.54, 1.807) is 11.3 Å². The number of rotatable bonds is 1. The molecule has 0 aliphatic rings. The highest BCUT2D eigenvalue weighted by Gasteiger charge is 2.09. The van der Waals surface area contributed by atoms with Crippen LogP contribution in [0.15, 0.2) is 48.7 Å². The number of imidazole rings is 1. The van der Waals surface area contributed by atoms with Gasteiger partial charge in [0.1, 0.15) is 0 Å². The number of benzene rings is 2. The standard InChI is InChI=1S/C17H14N2S.BrH/c1-11-3-6-13(7-4-11)14-10-19-15-8-5-12(2)9-16(15)20-17(19)18-14;/h3-10H,1-2H3;1H. The van der Waals surface area contributed by atoms with Crippen molar-refractivity contribution in [3.05, 3.63) is 59.8 Å². The van der Waals surface area contributed by atoms with Crippen LogP contribution in [0.4, 0.5) is 0 Å². The largest absolute Gasteiger partial charge is 0.290 e. The predicted molar refractivity (Wildman–Crippen MR) is 95.8 cm³/mol. The van der Waals surface area contributed by atoms with E-state index in [9.17, 15) is 0 Å². The van der Waals surface area contributed by atoms with Crippen molar-refractivity contribution in [3.8, 4) is 11.3 Å². The molecule has 0 unspecified atom stereocenters. The van der Waals surface area contributed by atoms with E-state index in [0.29, 0.717) is 0 Å². The van der Waals surface area contributed by atoms with E-state index in [-0.39, 0.29) is 17.0 Å². The number of fused-ring (bicyclic) bond motifs is 3. The Morgan fingerprint density at radius 1 is 0.952 bits per heavy atom. The summed E-state index contributed by atoms with van der Waals surface area (Å²) in [5, 5.41) is 0. The van der Waals surface area contributed by atoms with Gasteiger partial charge in [0.25, 0.3) is 0 Å². The summed E-state index contributed by atoms with van der Waals surface area (Å²) in [5.74, 6) is 0. The minimum Gasteiger partial charge on any atom is -0.290 e. The van der Waals surface area contributed by atoms with Gasteiger partial charge in [0.15, 0.2) is 4.96 Å². The van der Waals surface area contributed by atoms with Crippen LogP contribution in [0.5, 0.6) is 0 Å². The van der Waals surface area contributed by atoms with Crippen molar-refractivity contribution < 1.29 is 0 Å². The van der Waals surface area contributed by atoms with E-state index in [0.717, 1.165) is 10.7 Å². The summed E-state index contributed by atoms with van der Waals surface area (Å²) < 4.78 is 3.48. The van der Waals surface area contributed by atoms with Crippen LogP contribution in [0.25, 0.3) is 26.4 Å². The maximum absolute atomic E-state index is 4.76. The van der Waals surface area contributed by atoms with Crippen molar-refractivity contribution in [1.82, 2.24) is 9.38 Å². The van der Waals surface area contributed by atoms with Crippen LogP contribution in [-0.2, 0) is 0 Å². The lowest BCUT2D eigenvalue weighted by molar-refractivity contribution is 1.29. The number of halogens is 1. The molecule has 0 saturated carbocycles. The maximum atomic E-state index is 4.76. The lowest BCUT2D eigenvalue weighted by atomic mass is 10.1. The summed E-state index contributed by atoms with van der Waals surface area (Å²) >= 11 is 1.75. The molecular formula is C17H15BrN2S. The molecule has 0 N–H and O–H groups in total. The molecule has 21 heavy (non-hydrogen) atoms. The fourth-order valence-corrected chi connectivity index (χ4v) is 3.58. The highest BCUT2D eigenvalue weighted by Crippen LogP contribution is 2.30. The monoisotopic (exact) mass is 358 g/mol. The van der Waals surface area contributed by atoms with Gasteiger partial charge in [-0.2, -0.15) is 0 Å². The molecule has 0 atom stereocenters. The van der Waals surface area contributed by atoms with Gasteiger partial charge in [-0.15, -0.1) is 17.0 Å². The van der Waals surface area contributed by atoms with E-state index in [1.807, 2.05) is 0 Å². The third-order valence-electron chi connectivity index (χ3n) is 3.60. The van der Waals surface area contributed by atoms with E-state index < -0.39 is 0 Å². The fourth-order valence-electron chi connectivity index (χ4n) is 2.47. The quantitative estimate of drug-likeness (QED) is 0.444. The molecule has 0 spiro atoms. The average molecular weight is 359 g/mol. The Kier molecular flexibility index (Phi) is 3.59. The van der Waals surface area contributed by atoms with Gasteiger partial charge in [-0.1, -0.05) is 47.2 Å². The van der Waals surface area contributed by atoms with E-state index >= 15 is 0 Å². The van der Waals surface area contributed by atoms with Gasteiger partial charge in [0.05, 0.1) is 15.9 Å². The lowest BCUT2D eigenvalue weighted by Gasteiger charge is -1.97. The molecule has 0 saturated heterocycles. The van der Waals surface area contributed by atoms with E-state index in [4.69, 9.17) is 4.98 Å². The minimum atomic E-state index is 0. The van der Waals surface area contributed by atoms with Crippen molar-refractivity contribution in [2.45, 2.75) is 13.8 Å². The highest BCUT2D eigenvalue weighted by atomic mass is 79.9. The summed E-state index contributed by atoms with van der Waals surface area (Å²) in [6.07, 6.45) is 2.13. The third-order valence-corrected chi connectivity index (χ3v) is 4.61. The number of thiazole rings is 1. The number of aromatic nitrogens is 2. The minimum absolute atomic E-state index is 0. The first-order valence-electron chi connectivity index (χ1n) is 6.66. The summed E-state index contributed by atoms with van der Waals surface area (Å²) in [6.45, 7) is 4.23. The maximum Gasteiger partial charge on any atom is 0.195 e. The lowest BCUT2D eigenvalue weighted by Crippen LogP contribution is -1.79. The highest BCUT2D eigenvalue weighted by molar-refractivity contribution is 8.93. The van der Waals surface area contributed by atoms with Crippen molar-refractivity contribution in [2.75, 3.05) is 0 Å². The zero-order chi connectivity index (χ0) is 13.7. The number of hydrogen-bond donors (Lipinski definition) is 0. The molecule has 0 aliphatic carbocycles. The van der Waals surface area contributed by atoms with Gasteiger partial charge in [0, 0.05) is 11.8 Å². The van der Waals surface area contributed by atoms with Crippen LogP contribution in [-0.4, -0.2) is 9.38 Å².